The average Bonchev–Trinajstić information content (AvgIpc) is 3.31. The van der Waals surface area contributed by atoms with Gasteiger partial charge in [0.05, 0.1) is 12.5 Å². The van der Waals surface area contributed by atoms with E-state index in [0.29, 0.717) is 0 Å². The first kappa shape index (κ1) is 14.3. The largest absolute Gasteiger partial charge is 0.460 e. The van der Waals surface area contributed by atoms with Crippen LogP contribution in [0.5, 0.6) is 0 Å². The van der Waals surface area contributed by atoms with Crippen molar-refractivity contribution in [3.63, 3.8) is 0 Å². The fourth-order valence-electron chi connectivity index (χ4n) is 2.68. The number of ether oxygens (including phenoxy) is 1. The maximum Gasteiger partial charge on any atom is 0.375 e. The van der Waals surface area contributed by atoms with Gasteiger partial charge in [0.2, 0.25) is 0 Å². The summed E-state index contributed by atoms with van der Waals surface area (Å²) in [5.74, 6) is -1.73. The molecule has 2 aromatic carbocycles. The number of carbonyl (C=O) groups excluding carboxylic acids is 2. The van der Waals surface area contributed by atoms with Crippen LogP contribution < -0.4 is 0 Å². The molecule has 0 heterocycles. The van der Waals surface area contributed by atoms with Gasteiger partial charge in [-0.15, -0.1) is 0 Å². The van der Waals surface area contributed by atoms with Crippen molar-refractivity contribution in [1.82, 2.24) is 0 Å². The second-order valence-corrected chi connectivity index (χ2v) is 5.08. The molecule has 0 aliphatic heterocycles. The number of esters is 1. The Hall–Kier alpha value is -2.68. The predicted molar refractivity (Wildman–Crippen MR) is 84.8 cm³/mol. The number of hydrogen-bond donors (Lipinski definition) is 0. The van der Waals surface area contributed by atoms with E-state index in [-0.39, 0.29) is 6.61 Å². The van der Waals surface area contributed by atoms with Crippen molar-refractivity contribution in [1.29, 1.82) is 0 Å². The summed E-state index contributed by atoms with van der Waals surface area (Å²) in [4.78, 5) is 24.1. The second-order valence-electron chi connectivity index (χ2n) is 5.08. The third kappa shape index (κ3) is 2.58. The topological polar surface area (TPSA) is 43.4 Å². The Kier molecular flexibility index (Phi) is 3.88. The summed E-state index contributed by atoms with van der Waals surface area (Å²) in [7, 11) is 0. The smallest absolute Gasteiger partial charge is 0.375 e. The van der Waals surface area contributed by atoms with Crippen LogP contribution in [0.3, 0.4) is 0 Å². The number of hydrogen-bond acceptors (Lipinski definition) is 3. The van der Waals surface area contributed by atoms with Gasteiger partial charge in [0.25, 0.3) is 5.78 Å². The van der Waals surface area contributed by atoms with Gasteiger partial charge in [0.15, 0.2) is 0 Å². The molecular weight excluding hydrogens is 276 g/mol. The molecule has 0 fully saturated rings. The van der Waals surface area contributed by atoms with E-state index in [0.717, 1.165) is 22.3 Å². The van der Waals surface area contributed by atoms with Gasteiger partial charge in [-0.25, -0.2) is 4.79 Å². The molecule has 0 N–H and O–H groups in total. The van der Waals surface area contributed by atoms with Crippen LogP contribution in [0.1, 0.15) is 18.1 Å². The van der Waals surface area contributed by atoms with Crippen LogP contribution in [0.25, 0.3) is 11.1 Å². The molecule has 0 bridgehead atoms. The number of Topliss-reactive ketones (excluding diaryl/α,β-unsaturated/α-hetero) is 1. The molecule has 0 radical (unpaired) electrons. The first-order chi connectivity index (χ1) is 10.7. The third-order valence-electron chi connectivity index (χ3n) is 3.69. The zero-order valence-corrected chi connectivity index (χ0v) is 12.3. The standard InChI is InChI=1S/C19H16O3/c1-2-22-19(21)18(20)17-15(13-9-5-3-6-10-13)16(17)14-11-7-4-8-12-14/h3-12,17H,2H2,1H3. The zero-order chi connectivity index (χ0) is 15.5. The van der Waals surface area contributed by atoms with E-state index in [1.165, 1.54) is 0 Å². The fraction of sp³-hybridized carbons (Fsp3) is 0.158. The molecule has 1 aliphatic rings. The maximum atomic E-state index is 12.3. The van der Waals surface area contributed by atoms with Crippen LogP contribution in [0.4, 0.5) is 0 Å². The molecule has 0 spiro atoms. The fourth-order valence-corrected chi connectivity index (χ4v) is 2.68. The van der Waals surface area contributed by atoms with Crippen LogP contribution in [-0.4, -0.2) is 18.4 Å². The molecule has 2 aromatic rings. The molecule has 1 aliphatic carbocycles. The number of rotatable bonds is 5. The minimum Gasteiger partial charge on any atom is -0.460 e. The van der Waals surface area contributed by atoms with E-state index < -0.39 is 17.7 Å². The molecular formula is C19H16O3. The molecule has 0 amide bonds. The van der Waals surface area contributed by atoms with Gasteiger partial charge in [-0.3, -0.25) is 4.79 Å². The van der Waals surface area contributed by atoms with Crippen molar-refractivity contribution in [2.75, 3.05) is 6.61 Å². The number of allylic oxidation sites excluding steroid dienone is 2. The van der Waals surface area contributed by atoms with Crippen LogP contribution in [0.2, 0.25) is 0 Å². The van der Waals surface area contributed by atoms with Crippen LogP contribution in [0, 0.1) is 5.92 Å². The van der Waals surface area contributed by atoms with Gasteiger partial charge in [-0.2, -0.15) is 0 Å². The third-order valence-corrected chi connectivity index (χ3v) is 3.69. The summed E-state index contributed by atoms with van der Waals surface area (Å²) < 4.78 is 4.86. The molecule has 3 rings (SSSR count). The second kappa shape index (κ2) is 5.98. The highest BCUT2D eigenvalue weighted by molar-refractivity contribution is 6.44. The number of benzene rings is 2. The Balaban J connectivity index is 1.96. The van der Waals surface area contributed by atoms with E-state index in [2.05, 4.69) is 0 Å². The Morgan fingerprint density at radius 1 is 0.864 bits per heavy atom. The summed E-state index contributed by atoms with van der Waals surface area (Å²) in [5.41, 5.74) is 3.79. The van der Waals surface area contributed by atoms with Crippen LogP contribution >= 0.6 is 0 Å². The van der Waals surface area contributed by atoms with E-state index >= 15 is 0 Å². The van der Waals surface area contributed by atoms with Crippen molar-refractivity contribution in [2.45, 2.75) is 6.92 Å². The summed E-state index contributed by atoms with van der Waals surface area (Å²) in [6, 6.07) is 19.4. The summed E-state index contributed by atoms with van der Waals surface area (Å²) in [6.07, 6.45) is 0. The summed E-state index contributed by atoms with van der Waals surface area (Å²) in [6.45, 7) is 1.90. The van der Waals surface area contributed by atoms with E-state index in [1.54, 1.807) is 6.92 Å². The van der Waals surface area contributed by atoms with Gasteiger partial charge in [-0.05, 0) is 29.2 Å². The number of carbonyl (C=O) groups is 2. The van der Waals surface area contributed by atoms with Crippen LogP contribution in [-0.2, 0) is 14.3 Å². The Morgan fingerprint density at radius 2 is 1.32 bits per heavy atom. The quantitative estimate of drug-likeness (QED) is 0.627. The molecule has 110 valence electrons. The highest BCUT2D eigenvalue weighted by Crippen LogP contribution is 2.53. The van der Waals surface area contributed by atoms with Gasteiger partial charge in [0.1, 0.15) is 0 Å². The van der Waals surface area contributed by atoms with Crippen LogP contribution in [0.15, 0.2) is 60.7 Å². The minimum atomic E-state index is -0.758. The first-order valence-corrected chi connectivity index (χ1v) is 7.30. The first-order valence-electron chi connectivity index (χ1n) is 7.30. The highest BCUT2D eigenvalue weighted by atomic mass is 16.5. The molecule has 0 aromatic heterocycles. The molecule has 3 heteroatoms. The molecule has 3 nitrogen and oxygen atoms in total. The molecule has 0 saturated heterocycles. The molecule has 22 heavy (non-hydrogen) atoms. The SMILES string of the molecule is CCOC(=O)C(=O)C1C(c2ccccc2)=C1c1ccccc1. The van der Waals surface area contributed by atoms with Crippen molar-refractivity contribution in [2.24, 2.45) is 5.92 Å². The lowest BCUT2D eigenvalue weighted by Crippen LogP contribution is -2.20. The normalized spacial score (nSPS) is 13.9. The molecule has 0 atom stereocenters. The predicted octanol–water partition coefficient (Wildman–Crippen LogP) is 3.36. The van der Waals surface area contributed by atoms with E-state index in [9.17, 15) is 9.59 Å². The van der Waals surface area contributed by atoms with E-state index in [4.69, 9.17) is 4.74 Å². The molecule has 0 unspecified atom stereocenters. The van der Waals surface area contributed by atoms with Crippen molar-refractivity contribution >= 4 is 22.9 Å². The van der Waals surface area contributed by atoms with Crippen molar-refractivity contribution in [3.8, 4) is 0 Å². The average molecular weight is 292 g/mol. The molecule has 0 saturated carbocycles. The Morgan fingerprint density at radius 3 is 1.73 bits per heavy atom. The minimum absolute atomic E-state index is 0.207. The monoisotopic (exact) mass is 292 g/mol. The lowest BCUT2D eigenvalue weighted by Gasteiger charge is -2.02. The Labute approximate surface area is 129 Å². The Bertz CT molecular complexity index is 680. The lowest BCUT2D eigenvalue weighted by molar-refractivity contribution is -0.153. The highest BCUT2D eigenvalue weighted by Gasteiger charge is 2.46. The van der Waals surface area contributed by atoms with Crippen molar-refractivity contribution < 1.29 is 14.3 Å². The lowest BCUT2D eigenvalue weighted by atomic mass is 10.1. The maximum absolute atomic E-state index is 12.3. The van der Waals surface area contributed by atoms with Gasteiger partial charge in [-0.1, -0.05) is 60.7 Å². The van der Waals surface area contributed by atoms with Gasteiger partial charge < -0.3 is 4.74 Å². The summed E-state index contributed by atoms with van der Waals surface area (Å²) in [5, 5.41) is 0. The van der Waals surface area contributed by atoms with Gasteiger partial charge in [0, 0.05) is 0 Å². The number of ketones is 1. The van der Waals surface area contributed by atoms with Gasteiger partial charge >= 0.3 is 5.97 Å². The van der Waals surface area contributed by atoms with E-state index in [1.807, 2.05) is 60.7 Å². The summed E-state index contributed by atoms with van der Waals surface area (Å²) >= 11 is 0. The van der Waals surface area contributed by atoms with Crippen molar-refractivity contribution in [3.05, 3.63) is 71.8 Å². The zero-order valence-electron chi connectivity index (χ0n) is 12.3.